The van der Waals surface area contributed by atoms with Crippen molar-refractivity contribution in [1.82, 2.24) is 5.32 Å². The molecule has 1 amide bonds. The lowest BCUT2D eigenvalue weighted by atomic mass is 9.78. The van der Waals surface area contributed by atoms with Crippen LogP contribution in [0.25, 0.3) is 0 Å². The molecule has 0 atom stereocenters. The van der Waals surface area contributed by atoms with E-state index in [1.54, 1.807) is 12.3 Å². The summed E-state index contributed by atoms with van der Waals surface area (Å²) in [6.07, 6.45) is 5.64. The maximum absolute atomic E-state index is 12.1. The topological polar surface area (TPSA) is 42.2 Å². The number of nitrogens with one attached hydrogen (secondary N) is 1. The molecule has 0 radical (unpaired) electrons. The molecule has 1 heterocycles. The van der Waals surface area contributed by atoms with Crippen LogP contribution in [0.3, 0.4) is 0 Å². The number of amides is 1. The molecule has 1 aliphatic carbocycles. The van der Waals surface area contributed by atoms with Crippen LogP contribution in [0.15, 0.2) is 16.7 Å². The zero-order valence-corrected chi connectivity index (χ0v) is 11.0. The number of carbonyl (C=O) groups is 1. The highest BCUT2D eigenvalue weighted by atomic mass is 79.9. The Balaban J connectivity index is 2.08. The first-order chi connectivity index (χ1) is 7.71. The minimum Gasteiger partial charge on any atom is -0.469 e. The molecule has 1 N–H and O–H groups in total. The minimum absolute atomic E-state index is 0.00949. The second-order valence-electron chi connectivity index (χ2n) is 4.33. The van der Waals surface area contributed by atoms with Gasteiger partial charge in [0.2, 0.25) is 0 Å². The number of furan rings is 1. The normalized spacial score (nSPS) is 17.9. The molecule has 1 aliphatic rings. The molecule has 0 spiro atoms. The molecule has 0 unspecified atom stereocenters. The summed E-state index contributed by atoms with van der Waals surface area (Å²) in [6.45, 7) is 1.99. The van der Waals surface area contributed by atoms with Crippen LogP contribution in [0.4, 0.5) is 0 Å². The van der Waals surface area contributed by atoms with Gasteiger partial charge < -0.3 is 9.73 Å². The number of alkyl halides is 1. The Morgan fingerprint density at radius 1 is 1.62 bits per heavy atom. The number of aryl methyl sites for hydroxylation is 1. The first-order valence-electron chi connectivity index (χ1n) is 5.65. The molecule has 1 fully saturated rings. The van der Waals surface area contributed by atoms with Gasteiger partial charge in [0.1, 0.15) is 5.76 Å². The molecular formula is C12H16BrNO2. The summed E-state index contributed by atoms with van der Waals surface area (Å²) >= 11 is 3.47. The van der Waals surface area contributed by atoms with Gasteiger partial charge in [-0.25, -0.2) is 0 Å². The summed E-state index contributed by atoms with van der Waals surface area (Å²) < 4.78 is 5.26. The molecule has 0 aliphatic heterocycles. The maximum atomic E-state index is 12.1. The van der Waals surface area contributed by atoms with E-state index in [2.05, 4.69) is 21.2 Å². The van der Waals surface area contributed by atoms with Crippen molar-refractivity contribution in [1.29, 1.82) is 0 Å². The molecule has 0 aromatic carbocycles. The van der Waals surface area contributed by atoms with Crippen LogP contribution in [0.2, 0.25) is 0 Å². The van der Waals surface area contributed by atoms with Crippen molar-refractivity contribution in [3.63, 3.8) is 0 Å². The van der Waals surface area contributed by atoms with E-state index in [-0.39, 0.29) is 11.4 Å². The molecule has 0 bridgehead atoms. The Kier molecular flexibility index (Phi) is 3.38. The fourth-order valence-electron chi connectivity index (χ4n) is 2.02. The van der Waals surface area contributed by atoms with Gasteiger partial charge in [0, 0.05) is 11.8 Å². The van der Waals surface area contributed by atoms with Crippen molar-refractivity contribution in [2.24, 2.45) is 0 Å². The molecule has 1 aromatic rings. The minimum atomic E-state index is -0.0284. The second-order valence-corrected chi connectivity index (χ2v) is 4.89. The van der Waals surface area contributed by atoms with Crippen molar-refractivity contribution in [2.45, 2.75) is 38.1 Å². The van der Waals surface area contributed by atoms with Crippen LogP contribution in [0.5, 0.6) is 0 Å². The van der Waals surface area contributed by atoms with Gasteiger partial charge in [-0.1, -0.05) is 22.9 Å². The number of carbonyl (C=O) groups excluding carboxylic acids is 1. The van der Waals surface area contributed by atoms with Gasteiger partial charge in [0.25, 0.3) is 5.91 Å². The monoisotopic (exact) mass is 285 g/mol. The molecule has 16 heavy (non-hydrogen) atoms. The van der Waals surface area contributed by atoms with E-state index < -0.39 is 0 Å². The van der Waals surface area contributed by atoms with E-state index in [1.807, 2.05) is 6.92 Å². The van der Waals surface area contributed by atoms with E-state index in [9.17, 15) is 4.79 Å². The van der Waals surface area contributed by atoms with Gasteiger partial charge in [0.15, 0.2) is 0 Å². The smallest absolute Gasteiger partial charge is 0.255 e. The third-order valence-electron chi connectivity index (χ3n) is 3.26. The molecule has 88 valence electrons. The highest BCUT2D eigenvalue weighted by Crippen LogP contribution is 2.33. The fraction of sp³-hybridized carbons (Fsp3) is 0.583. The third-order valence-corrected chi connectivity index (χ3v) is 4.33. The van der Waals surface area contributed by atoms with Crippen molar-refractivity contribution in [3.05, 3.63) is 23.7 Å². The zero-order chi connectivity index (χ0) is 11.6. The van der Waals surface area contributed by atoms with Gasteiger partial charge in [-0.05, 0) is 25.3 Å². The molecule has 3 nitrogen and oxygen atoms in total. The van der Waals surface area contributed by atoms with E-state index in [0.29, 0.717) is 5.56 Å². The number of halogens is 1. The van der Waals surface area contributed by atoms with E-state index >= 15 is 0 Å². The van der Waals surface area contributed by atoms with Gasteiger partial charge >= 0.3 is 0 Å². The Morgan fingerprint density at radius 2 is 2.38 bits per heavy atom. The summed E-state index contributed by atoms with van der Waals surface area (Å²) in [6, 6.07) is 1.74. The number of hydrogen-bond donors (Lipinski definition) is 1. The van der Waals surface area contributed by atoms with Crippen LogP contribution in [0, 0.1) is 0 Å². The summed E-state index contributed by atoms with van der Waals surface area (Å²) in [5, 5.41) is 3.94. The predicted octanol–water partition coefficient (Wildman–Crippen LogP) is 2.89. The standard InChI is InChI=1S/C12H16BrNO2/c1-2-10-9(4-7-16-10)11(15)14-12(8-13)5-3-6-12/h4,7H,2-3,5-6,8H2,1H3,(H,14,15). The lowest BCUT2D eigenvalue weighted by Crippen LogP contribution is -2.54. The van der Waals surface area contributed by atoms with Gasteiger partial charge in [-0.2, -0.15) is 0 Å². The highest BCUT2D eigenvalue weighted by Gasteiger charge is 2.37. The summed E-state index contributed by atoms with van der Waals surface area (Å²) in [4.78, 5) is 12.1. The third kappa shape index (κ3) is 2.03. The van der Waals surface area contributed by atoms with Gasteiger partial charge in [-0.15, -0.1) is 0 Å². The molecular weight excluding hydrogens is 270 g/mol. The predicted molar refractivity (Wildman–Crippen MR) is 65.9 cm³/mol. The fourth-order valence-corrected chi connectivity index (χ4v) is 2.72. The van der Waals surface area contributed by atoms with Gasteiger partial charge in [0.05, 0.1) is 17.4 Å². The highest BCUT2D eigenvalue weighted by molar-refractivity contribution is 9.09. The van der Waals surface area contributed by atoms with Gasteiger partial charge in [-0.3, -0.25) is 4.79 Å². The summed E-state index contributed by atoms with van der Waals surface area (Å²) in [7, 11) is 0. The zero-order valence-electron chi connectivity index (χ0n) is 9.38. The van der Waals surface area contributed by atoms with Crippen molar-refractivity contribution < 1.29 is 9.21 Å². The average Bonchev–Trinajstić information content (AvgIpc) is 2.71. The Morgan fingerprint density at radius 3 is 2.88 bits per heavy atom. The number of rotatable bonds is 4. The lowest BCUT2D eigenvalue weighted by molar-refractivity contribution is 0.0854. The average molecular weight is 286 g/mol. The van der Waals surface area contributed by atoms with Crippen LogP contribution in [0.1, 0.15) is 42.3 Å². The lowest BCUT2D eigenvalue weighted by Gasteiger charge is -2.41. The Bertz CT molecular complexity index is 377. The molecule has 1 aromatic heterocycles. The first kappa shape index (κ1) is 11.7. The molecule has 2 rings (SSSR count). The molecule has 4 heteroatoms. The molecule has 0 saturated heterocycles. The Hall–Kier alpha value is -0.770. The van der Waals surface area contributed by atoms with E-state index in [1.165, 1.54) is 6.42 Å². The van der Waals surface area contributed by atoms with Crippen LogP contribution in [-0.4, -0.2) is 16.8 Å². The largest absolute Gasteiger partial charge is 0.469 e. The van der Waals surface area contributed by atoms with Crippen LogP contribution >= 0.6 is 15.9 Å². The summed E-state index contributed by atoms with van der Waals surface area (Å²) in [5.74, 6) is 0.756. The molecule has 1 saturated carbocycles. The second kappa shape index (κ2) is 4.62. The van der Waals surface area contributed by atoms with Crippen molar-refractivity contribution in [2.75, 3.05) is 5.33 Å². The van der Waals surface area contributed by atoms with E-state index in [4.69, 9.17) is 4.42 Å². The number of hydrogen-bond acceptors (Lipinski definition) is 2. The quantitative estimate of drug-likeness (QED) is 0.865. The Labute approximate surface area is 104 Å². The van der Waals surface area contributed by atoms with Crippen molar-refractivity contribution >= 4 is 21.8 Å². The SMILES string of the molecule is CCc1occc1C(=O)NC1(CBr)CCC1. The summed E-state index contributed by atoms with van der Waals surface area (Å²) in [5.41, 5.74) is 0.647. The first-order valence-corrected chi connectivity index (χ1v) is 6.78. The van der Waals surface area contributed by atoms with Crippen molar-refractivity contribution in [3.8, 4) is 0 Å². The van der Waals surface area contributed by atoms with E-state index in [0.717, 1.165) is 30.4 Å². The van der Waals surface area contributed by atoms with Crippen LogP contribution < -0.4 is 5.32 Å². The van der Waals surface area contributed by atoms with Crippen LogP contribution in [-0.2, 0) is 6.42 Å². The maximum Gasteiger partial charge on any atom is 0.255 e.